The number of aryl methyl sites for hydroxylation is 1. The van der Waals surface area contributed by atoms with Crippen LogP contribution in [0.5, 0.6) is 5.75 Å². The monoisotopic (exact) mass is 316 g/mol. The molecule has 2 rings (SSSR count). The second-order valence-electron chi connectivity index (χ2n) is 4.64. The van der Waals surface area contributed by atoms with Crippen LogP contribution in [0.2, 0.25) is 0 Å². The van der Waals surface area contributed by atoms with Crippen LogP contribution in [0.1, 0.15) is 10.5 Å². The molecule has 1 aromatic heterocycles. The molecule has 0 atom stereocenters. The molecule has 0 saturated heterocycles. The van der Waals surface area contributed by atoms with Crippen molar-refractivity contribution in [3.8, 4) is 5.75 Å². The second kappa shape index (κ2) is 7.79. The third-order valence-corrected chi connectivity index (χ3v) is 2.89. The second-order valence-corrected chi connectivity index (χ2v) is 4.64. The molecule has 1 aromatic carbocycles. The van der Waals surface area contributed by atoms with E-state index in [1.165, 1.54) is 0 Å². The number of amides is 2. The first kappa shape index (κ1) is 16.3. The van der Waals surface area contributed by atoms with Gasteiger partial charge in [-0.05, 0) is 24.3 Å². The van der Waals surface area contributed by atoms with E-state index in [4.69, 9.17) is 9.47 Å². The van der Waals surface area contributed by atoms with E-state index in [-0.39, 0.29) is 6.61 Å². The number of para-hydroxylation sites is 1. The van der Waals surface area contributed by atoms with Crippen LogP contribution in [0.3, 0.4) is 0 Å². The Labute approximate surface area is 132 Å². The minimum atomic E-state index is -0.704. The Hall–Kier alpha value is -3.09. The molecule has 0 bridgehead atoms. The number of esters is 1. The van der Waals surface area contributed by atoms with Crippen LogP contribution >= 0.6 is 0 Å². The molecule has 1 heterocycles. The largest absolute Gasteiger partial charge is 0.482 e. The fraction of sp³-hybridized carbons (Fsp3) is 0.188. The number of imide groups is 1. The summed E-state index contributed by atoms with van der Waals surface area (Å²) in [5.74, 6) is -1.44. The van der Waals surface area contributed by atoms with Gasteiger partial charge in [0.1, 0.15) is 11.4 Å². The van der Waals surface area contributed by atoms with Gasteiger partial charge in [-0.25, -0.2) is 4.79 Å². The lowest BCUT2D eigenvalue weighted by Gasteiger charge is -2.07. The summed E-state index contributed by atoms with van der Waals surface area (Å²) in [6.07, 6.45) is 1.68. The third kappa shape index (κ3) is 4.99. The molecule has 0 saturated carbocycles. The Bertz CT molecular complexity index is 694. The maximum absolute atomic E-state index is 11.8. The van der Waals surface area contributed by atoms with Crippen molar-refractivity contribution in [1.82, 2.24) is 9.88 Å². The fourth-order valence-corrected chi connectivity index (χ4v) is 1.77. The third-order valence-electron chi connectivity index (χ3n) is 2.89. The van der Waals surface area contributed by atoms with Crippen LogP contribution in [0, 0.1) is 0 Å². The molecular weight excluding hydrogens is 300 g/mol. The van der Waals surface area contributed by atoms with Crippen molar-refractivity contribution in [2.75, 3.05) is 13.2 Å². The van der Waals surface area contributed by atoms with Crippen molar-refractivity contribution in [2.24, 2.45) is 7.05 Å². The van der Waals surface area contributed by atoms with E-state index in [9.17, 15) is 14.4 Å². The summed E-state index contributed by atoms with van der Waals surface area (Å²) in [6, 6.07) is 12.0. The number of hydrogen-bond acceptors (Lipinski definition) is 5. The predicted octanol–water partition coefficient (Wildman–Crippen LogP) is 0.904. The zero-order valence-electron chi connectivity index (χ0n) is 12.5. The van der Waals surface area contributed by atoms with Crippen LogP contribution in [-0.2, 0) is 21.4 Å². The van der Waals surface area contributed by atoms with E-state index in [1.807, 2.05) is 6.07 Å². The Morgan fingerprint density at radius 1 is 1.04 bits per heavy atom. The van der Waals surface area contributed by atoms with E-state index < -0.39 is 24.4 Å². The highest BCUT2D eigenvalue weighted by atomic mass is 16.6. The molecule has 2 amide bonds. The fourth-order valence-electron chi connectivity index (χ4n) is 1.77. The molecule has 23 heavy (non-hydrogen) atoms. The molecule has 7 heteroatoms. The summed E-state index contributed by atoms with van der Waals surface area (Å²) >= 11 is 0. The minimum Gasteiger partial charge on any atom is -0.482 e. The normalized spacial score (nSPS) is 9.96. The molecule has 1 N–H and O–H groups in total. The number of nitrogens with one attached hydrogen (secondary N) is 1. The van der Waals surface area contributed by atoms with Gasteiger partial charge in [0.2, 0.25) is 0 Å². The number of benzene rings is 1. The molecular formula is C16H16N2O5. The maximum Gasteiger partial charge on any atom is 0.344 e. The summed E-state index contributed by atoms with van der Waals surface area (Å²) < 4.78 is 11.5. The van der Waals surface area contributed by atoms with Gasteiger partial charge < -0.3 is 14.0 Å². The van der Waals surface area contributed by atoms with Gasteiger partial charge in [0.25, 0.3) is 11.8 Å². The first-order chi connectivity index (χ1) is 11.1. The number of rotatable bonds is 6. The number of carbonyl (C=O) groups is 3. The lowest BCUT2D eigenvalue weighted by Crippen LogP contribution is -2.35. The van der Waals surface area contributed by atoms with E-state index in [0.717, 1.165) is 0 Å². The van der Waals surface area contributed by atoms with Crippen LogP contribution in [0.4, 0.5) is 0 Å². The topological polar surface area (TPSA) is 86.6 Å². The predicted molar refractivity (Wildman–Crippen MR) is 80.8 cm³/mol. The number of hydrogen-bond donors (Lipinski definition) is 1. The molecule has 0 aliphatic rings. The van der Waals surface area contributed by atoms with Gasteiger partial charge in [-0.1, -0.05) is 18.2 Å². The van der Waals surface area contributed by atoms with Crippen molar-refractivity contribution in [3.63, 3.8) is 0 Å². The van der Waals surface area contributed by atoms with Crippen LogP contribution < -0.4 is 10.1 Å². The molecule has 0 spiro atoms. The van der Waals surface area contributed by atoms with E-state index in [2.05, 4.69) is 5.32 Å². The standard InChI is InChI=1S/C16H16N2O5/c1-18-9-5-8-13(18)16(21)17-14(19)10-23-15(20)11-22-12-6-3-2-4-7-12/h2-9H,10-11H2,1H3,(H,17,19,21). The van der Waals surface area contributed by atoms with Gasteiger partial charge in [-0.3, -0.25) is 14.9 Å². The van der Waals surface area contributed by atoms with Crippen LogP contribution in [0.25, 0.3) is 0 Å². The first-order valence-electron chi connectivity index (χ1n) is 6.85. The van der Waals surface area contributed by atoms with Crippen molar-refractivity contribution in [1.29, 1.82) is 0 Å². The number of aromatic nitrogens is 1. The smallest absolute Gasteiger partial charge is 0.344 e. The van der Waals surface area contributed by atoms with Crippen molar-refractivity contribution >= 4 is 17.8 Å². The summed E-state index contributed by atoms with van der Waals surface area (Å²) in [7, 11) is 1.68. The number of ether oxygens (including phenoxy) is 2. The van der Waals surface area contributed by atoms with Gasteiger partial charge in [0.15, 0.2) is 13.2 Å². The zero-order chi connectivity index (χ0) is 16.7. The number of carbonyl (C=O) groups excluding carboxylic acids is 3. The lowest BCUT2D eigenvalue weighted by atomic mass is 10.3. The van der Waals surface area contributed by atoms with Gasteiger partial charge in [-0.15, -0.1) is 0 Å². The lowest BCUT2D eigenvalue weighted by molar-refractivity contribution is -0.150. The Morgan fingerprint density at radius 2 is 1.78 bits per heavy atom. The summed E-state index contributed by atoms with van der Waals surface area (Å²) in [4.78, 5) is 34.8. The van der Waals surface area contributed by atoms with Crippen LogP contribution in [-0.4, -0.2) is 35.6 Å². The average Bonchev–Trinajstić information content (AvgIpc) is 2.98. The Morgan fingerprint density at radius 3 is 2.43 bits per heavy atom. The summed E-state index contributed by atoms with van der Waals surface area (Å²) in [6.45, 7) is -0.865. The SMILES string of the molecule is Cn1cccc1C(=O)NC(=O)COC(=O)COc1ccccc1. The molecule has 0 fully saturated rings. The van der Waals surface area contributed by atoms with E-state index in [1.54, 1.807) is 54.2 Å². The van der Waals surface area contributed by atoms with Crippen molar-refractivity contribution in [2.45, 2.75) is 0 Å². The quantitative estimate of drug-likeness (QED) is 0.800. The molecule has 0 unspecified atom stereocenters. The molecule has 120 valence electrons. The maximum atomic E-state index is 11.8. The minimum absolute atomic E-state index is 0.316. The van der Waals surface area contributed by atoms with Gasteiger partial charge in [-0.2, -0.15) is 0 Å². The average molecular weight is 316 g/mol. The highest BCUT2D eigenvalue weighted by Crippen LogP contribution is 2.07. The molecule has 2 aromatic rings. The van der Waals surface area contributed by atoms with Crippen molar-refractivity contribution in [3.05, 3.63) is 54.4 Å². The molecule has 0 aliphatic heterocycles. The van der Waals surface area contributed by atoms with Gasteiger partial charge >= 0.3 is 5.97 Å². The van der Waals surface area contributed by atoms with E-state index in [0.29, 0.717) is 11.4 Å². The summed E-state index contributed by atoms with van der Waals surface area (Å²) in [5.41, 5.74) is 0.331. The van der Waals surface area contributed by atoms with Crippen molar-refractivity contribution < 1.29 is 23.9 Å². The molecule has 0 aliphatic carbocycles. The highest BCUT2D eigenvalue weighted by Gasteiger charge is 2.14. The molecule has 7 nitrogen and oxygen atoms in total. The summed E-state index contributed by atoms with van der Waals surface area (Å²) in [5, 5.41) is 2.14. The first-order valence-corrected chi connectivity index (χ1v) is 6.85. The van der Waals surface area contributed by atoms with Gasteiger partial charge in [0, 0.05) is 13.2 Å². The highest BCUT2D eigenvalue weighted by molar-refractivity contribution is 6.04. The Balaban J connectivity index is 1.70. The molecule has 0 radical (unpaired) electrons. The van der Waals surface area contributed by atoms with E-state index >= 15 is 0 Å². The Kier molecular flexibility index (Phi) is 5.51. The zero-order valence-corrected chi connectivity index (χ0v) is 12.5. The van der Waals surface area contributed by atoms with Gasteiger partial charge in [0.05, 0.1) is 0 Å². The number of nitrogens with zero attached hydrogens (tertiary/aromatic N) is 1. The van der Waals surface area contributed by atoms with Crippen LogP contribution in [0.15, 0.2) is 48.7 Å².